The van der Waals surface area contributed by atoms with Crippen LogP contribution in [0.15, 0.2) is 0 Å². The van der Waals surface area contributed by atoms with E-state index in [4.69, 9.17) is 0 Å². The summed E-state index contributed by atoms with van der Waals surface area (Å²) in [5, 5.41) is 0. The van der Waals surface area contributed by atoms with Crippen LogP contribution < -0.4 is 0 Å². The zero-order valence-corrected chi connectivity index (χ0v) is 12.1. The summed E-state index contributed by atoms with van der Waals surface area (Å²) in [5.74, 6) is 0.553. The van der Waals surface area contributed by atoms with Gasteiger partial charge in [-0.25, -0.2) is 0 Å². The smallest absolute Gasteiger partial charge is 0.239 e. The van der Waals surface area contributed by atoms with Gasteiger partial charge in [0.2, 0.25) is 5.91 Å². The van der Waals surface area contributed by atoms with Crippen molar-refractivity contribution >= 4 is 11.7 Å². The molecule has 1 amide bonds. The third-order valence-corrected chi connectivity index (χ3v) is 4.01. The Hall–Kier alpha value is -0.900. The molecule has 0 radical (unpaired) electrons. The highest BCUT2D eigenvalue weighted by molar-refractivity contribution is 5.82. The van der Waals surface area contributed by atoms with Gasteiger partial charge >= 0.3 is 0 Å². The van der Waals surface area contributed by atoms with Crippen molar-refractivity contribution in [1.29, 1.82) is 0 Å². The van der Waals surface area contributed by atoms with Crippen LogP contribution in [0.2, 0.25) is 0 Å². The monoisotopic (exact) mass is 254 g/mol. The average molecular weight is 254 g/mol. The maximum absolute atomic E-state index is 12.3. The van der Waals surface area contributed by atoms with Crippen LogP contribution in [-0.4, -0.2) is 53.7 Å². The highest BCUT2D eigenvalue weighted by Gasteiger charge is 2.30. The SMILES string of the molecule is CCN(CC)C(=O)C(C)N1CCCC(C(C)=O)C1. The topological polar surface area (TPSA) is 40.6 Å². The normalized spacial score (nSPS) is 22.6. The predicted octanol–water partition coefficient (Wildman–Crippen LogP) is 1.54. The molecule has 1 aliphatic heterocycles. The number of hydrogen-bond donors (Lipinski definition) is 0. The number of piperidine rings is 1. The van der Waals surface area contributed by atoms with Crippen molar-refractivity contribution in [2.75, 3.05) is 26.2 Å². The second kappa shape index (κ2) is 6.88. The molecule has 0 aromatic carbocycles. The third kappa shape index (κ3) is 3.55. The first kappa shape index (κ1) is 15.2. The van der Waals surface area contributed by atoms with Crippen LogP contribution in [0.1, 0.15) is 40.5 Å². The number of likely N-dealkylation sites (N-methyl/N-ethyl adjacent to an activating group) is 1. The molecular formula is C14H26N2O2. The molecule has 0 bridgehead atoms. The van der Waals surface area contributed by atoms with Crippen molar-refractivity contribution in [3.63, 3.8) is 0 Å². The molecule has 18 heavy (non-hydrogen) atoms. The molecular weight excluding hydrogens is 228 g/mol. The Balaban J connectivity index is 2.62. The number of amides is 1. The van der Waals surface area contributed by atoms with Gasteiger partial charge in [0.1, 0.15) is 5.78 Å². The summed E-state index contributed by atoms with van der Waals surface area (Å²) in [6.45, 7) is 10.8. The van der Waals surface area contributed by atoms with Crippen LogP contribution >= 0.6 is 0 Å². The fourth-order valence-corrected chi connectivity index (χ4v) is 2.65. The lowest BCUT2D eigenvalue weighted by atomic mass is 9.93. The summed E-state index contributed by atoms with van der Waals surface area (Å²) < 4.78 is 0. The zero-order chi connectivity index (χ0) is 13.7. The van der Waals surface area contributed by atoms with Gasteiger partial charge in [-0.05, 0) is 47.1 Å². The molecule has 4 heteroatoms. The highest BCUT2D eigenvalue weighted by atomic mass is 16.2. The van der Waals surface area contributed by atoms with Crippen LogP contribution in [0.25, 0.3) is 0 Å². The molecule has 1 fully saturated rings. The Morgan fingerprint density at radius 2 is 1.94 bits per heavy atom. The van der Waals surface area contributed by atoms with E-state index in [-0.39, 0.29) is 23.7 Å². The Kier molecular flexibility index (Phi) is 5.79. The van der Waals surface area contributed by atoms with Crippen LogP contribution in [0, 0.1) is 5.92 Å². The molecule has 0 spiro atoms. The molecule has 0 aromatic heterocycles. The van der Waals surface area contributed by atoms with Gasteiger partial charge in [0.25, 0.3) is 0 Å². The van der Waals surface area contributed by atoms with Gasteiger partial charge in [0.05, 0.1) is 6.04 Å². The van der Waals surface area contributed by atoms with Gasteiger partial charge in [-0.1, -0.05) is 0 Å². The van der Waals surface area contributed by atoms with Gasteiger partial charge in [-0.2, -0.15) is 0 Å². The maximum atomic E-state index is 12.3. The summed E-state index contributed by atoms with van der Waals surface area (Å²) in [6.07, 6.45) is 1.98. The minimum Gasteiger partial charge on any atom is -0.342 e. The number of rotatable bonds is 5. The minimum absolute atomic E-state index is 0.105. The molecule has 1 heterocycles. The van der Waals surface area contributed by atoms with E-state index in [1.165, 1.54) is 0 Å². The van der Waals surface area contributed by atoms with E-state index in [0.29, 0.717) is 0 Å². The molecule has 2 atom stereocenters. The van der Waals surface area contributed by atoms with Gasteiger partial charge in [-0.15, -0.1) is 0 Å². The average Bonchev–Trinajstić information content (AvgIpc) is 2.39. The number of likely N-dealkylation sites (tertiary alicyclic amines) is 1. The second-order valence-electron chi connectivity index (χ2n) is 5.13. The van der Waals surface area contributed by atoms with Crippen molar-refractivity contribution in [1.82, 2.24) is 9.80 Å². The molecule has 104 valence electrons. The van der Waals surface area contributed by atoms with Gasteiger partial charge in [0, 0.05) is 25.6 Å². The van der Waals surface area contributed by atoms with Crippen LogP contribution in [-0.2, 0) is 9.59 Å². The third-order valence-electron chi connectivity index (χ3n) is 4.01. The molecule has 0 N–H and O–H groups in total. The summed E-state index contributed by atoms with van der Waals surface area (Å²) in [6, 6.07) is -0.105. The lowest BCUT2D eigenvalue weighted by Crippen LogP contribution is -2.51. The molecule has 1 saturated heterocycles. The Morgan fingerprint density at radius 3 is 2.44 bits per heavy atom. The molecule has 2 unspecified atom stereocenters. The van der Waals surface area contributed by atoms with Crippen LogP contribution in [0.4, 0.5) is 0 Å². The van der Waals surface area contributed by atoms with E-state index in [9.17, 15) is 9.59 Å². The van der Waals surface area contributed by atoms with E-state index in [1.807, 2.05) is 25.7 Å². The highest BCUT2D eigenvalue weighted by Crippen LogP contribution is 2.20. The quantitative estimate of drug-likeness (QED) is 0.747. The Bertz CT molecular complexity index is 300. The largest absolute Gasteiger partial charge is 0.342 e. The lowest BCUT2D eigenvalue weighted by molar-refractivity contribution is -0.138. The summed E-state index contributed by atoms with van der Waals surface area (Å²) in [4.78, 5) is 27.8. The van der Waals surface area contributed by atoms with E-state index >= 15 is 0 Å². The standard InChI is InChI=1S/C14H26N2O2/c1-5-15(6-2)14(18)11(3)16-9-7-8-13(10-16)12(4)17/h11,13H,5-10H2,1-4H3. The first-order chi connectivity index (χ1) is 8.51. The fourth-order valence-electron chi connectivity index (χ4n) is 2.65. The molecule has 4 nitrogen and oxygen atoms in total. The van der Waals surface area contributed by atoms with Crippen molar-refractivity contribution in [3.05, 3.63) is 0 Å². The molecule has 1 aliphatic rings. The number of carbonyl (C=O) groups is 2. The first-order valence-electron chi connectivity index (χ1n) is 7.04. The van der Waals surface area contributed by atoms with E-state index in [2.05, 4.69) is 4.90 Å². The lowest BCUT2D eigenvalue weighted by Gasteiger charge is -2.37. The Labute approximate surface area is 110 Å². The summed E-state index contributed by atoms with van der Waals surface area (Å²) in [7, 11) is 0. The van der Waals surface area contributed by atoms with Crippen molar-refractivity contribution in [2.45, 2.75) is 46.6 Å². The van der Waals surface area contributed by atoms with Gasteiger partial charge in [-0.3, -0.25) is 14.5 Å². The first-order valence-corrected chi connectivity index (χ1v) is 7.04. The Morgan fingerprint density at radius 1 is 1.33 bits per heavy atom. The fraction of sp³-hybridized carbons (Fsp3) is 0.857. The summed E-state index contributed by atoms with van der Waals surface area (Å²) >= 11 is 0. The number of nitrogens with zero attached hydrogens (tertiary/aromatic N) is 2. The number of hydrogen-bond acceptors (Lipinski definition) is 3. The van der Waals surface area contributed by atoms with Crippen molar-refractivity contribution in [3.8, 4) is 0 Å². The van der Waals surface area contributed by atoms with Crippen LogP contribution in [0.3, 0.4) is 0 Å². The number of carbonyl (C=O) groups excluding carboxylic acids is 2. The maximum Gasteiger partial charge on any atom is 0.239 e. The van der Waals surface area contributed by atoms with Crippen LogP contribution in [0.5, 0.6) is 0 Å². The molecule has 0 saturated carbocycles. The molecule has 0 aromatic rings. The number of Topliss-reactive ketones (excluding diaryl/α,β-unsaturated/α-hetero) is 1. The van der Waals surface area contributed by atoms with Crippen molar-refractivity contribution in [2.24, 2.45) is 5.92 Å². The van der Waals surface area contributed by atoms with E-state index in [0.717, 1.165) is 39.0 Å². The van der Waals surface area contributed by atoms with Gasteiger partial charge in [0.15, 0.2) is 0 Å². The zero-order valence-electron chi connectivity index (χ0n) is 12.1. The predicted molar refractivity (Wildman–Crippen MR) is 72.4 cm³/mol. The van der Waals surface area contributed by atoms with E-state index in [1.54, 1.807) is 6.92 Å². The second-order valence-corrected chi connectivity index (χ2v) is 5.13. The molecule has 0 aliphatic carbocycles. The molecule has 1 rings (SSSR count). The number of ketones is 1. The van der Waals surface area contributed by atoms with Gasteiger partial charge < -0.3 is 4.90 Å². The summed E-state index contributed by atoms with van der Waals surface area (Å²) in [5.41, 5.74) is 0. The minimum atomic E-state index is -0.105. The van der Waals surface area contributed by atoms with Crippen molar-refractivity contribution < 1.29 is 9.59 Å². The van der Waals surface area contributed by atoms with E-state index < -0.39 is 0 Å².